The van der Waals surface area contributed by atoms with Crippen LogP contribution in [0.3, 0.4) is 0 Å². The molecule has 1 heterocycles. The highest BCUT2D eigenvalue weighted by molar-refractivity contribution is 7.99. The molecule has 0 aromatic heterocycles. The minimum absolute atomic E-state index is 0.0748. The summed E-state index contributed by atoms with van der Waals surface area (Å²) >= 11 is 1.73. The SMILES string of the molecule is CN(C)CCC1CCN(C(=O)C[C@@H](N)CSc2ccccc2)CC1. The van der Waals surface area contributed by atoms with E-state index in [0.29, 0.717) is 6.42 Å². The number of nitrogens with zero attached hydrogens (tertiary/aromatic N) is 2. The van der Waals surface area contributed by atoms with Crippen molar-refractivity contribution in [1.82, 2.24) is 9.80 Å². The van der Waals surface area contributed by atoms with Crippen LogP contribution in [0.4, 0.5) is 0 Å². The monoisotopic (exact) mass is 349 g/mol. The van der Waals surface area contributed by atoms with Gasteiger partial charge in [0.1, 0.15) is 0 Å². The number of hydrogen-bond donors (Lipinski definition) is 1. The molecule has 4 nitrogen and oxygen atoms in total. The van der Waals surface area contributed by atoms with Gasteiger partial charge in [0.05, 0.1) is 0 Å². The van der Waals surface area contributed by atoms with Gasteiger partial charge in [-0.15, -0.1) is 11.8 Å². The van der Waals surface area contributed by atoms with E-state index in [2.05, 4.69) is 31.1 Å². The number of thioether (sulfide) groups is 1. The number of piperidine rings is 1. The number of likely N-dealkylation sites (tertiary alicyclic amines) is 1. The Morgan fingerprint density at radius 2 is 1.96 bits per heavy atom. The molecular weight excluding hydrogens is 318 g/mol. The van der Waals surface area contributed by atoms with Crippen molar-refractivity contribution in [3.63, 3.8) is 0 Å². The molecule has 1 aliphatic heterocycles. The van der Waals surface area contributed by atoms with Crippen molar-refractivity contribution in [3.8, 4) is 0 Å². The quantitative estimate of drug-likeness (QED) is 0.733. The molecule has 0 bridgehead atoms. The lowest BCUT2D eigenvalue weighted by Crippen LogP contribution is -2.41. The van der Waals surface area contributed by atoms with E-state index in [-0.39, 0.29) is 11.9 Å². The summed E-state index contributed by atoms with van der Waals surface area (Å²) in [4.78, 5) is 17.9. The standard InChI is InChI=1S/C19H31N3OS/c1-21(2)11-8-16-9-12-22(13-10-16)19(23)14-17(20)15-24-18-6-4-3-5-7-18/h3-7,16-17H,8-15,20H2,1-2H3/t17-/m1/s1. The first-order valence-corrected chi connectivity index (χ1v) is 9.89. The number of amides is 1. The van der Waals surface area contributed by atoms with Crippen LogP contribution < -0.4 is 5.73 Å². The number of carbonyl (C=O) groups excluding carboxylic acids is 1. The molecule has 1 aromatic rings. The normalized spacial score (nSPS) is 17.2. The van der Waals surface area contributed by atoms with Crippen LogP contribution in [-0.2, 0) is 4.79 Å². The molecular formula is C19H31N3OS. The number of hydrogen-bond acceptors (Lipinski definition) is 4. The smallest absolute Gasteiger partial charge is 0.224 e. The summed E-state index contributed by atoms with van der Waals surface area (Å²) in [5, 5.41) is 0. The summed E-state index contributed by atoms with van der Waals surface area (Å²) in [6.45, 7) is 2.94. The first-order chi connectivity index (χ1) is 11.5. The van der Waals surface area contributed by atoms with Gasteiger partial charge in [0.2, 0.25) is 5.91 Å². The van der Waals surface area contributed by atoms with E-state index >= 15 is 0 Å². The lowest BCUT2D eigenvalue weighted by Gasteiger charge is -2.33. The van der Waals surface area contributed by atoms with Gasteiger partial charge in [0.15, 0.2) is 0 Å². The zero-order valence-corrected chi connectivity index (χ0v) is 15.8. The van der Waals surface area contributed by atoms with E-state index in [9.17, 15) is 4.79 Å². The maximum atomic E-state index is 12.4. The molecule has 1 atom stereocenters. The van der Waals surface area contributed by atoms with Gasteiger partial charge in [-0.1, -0.05) is 18.2 Å². The van der Waals surface area contributed by atoms with Crippen molar-refractivity contribution < 1.29 is 4.79 Å². The average Bonchev–Trinajstić information content (AvgIpc) is 2.59. The van der Waals surface area contributed by atoms with Crippen molar-refractivity contribution >= 4 is 17.7 Å². The van der Waals surface area contributed by atoms with E-state index in [1.165, 1.54) is 11.3 Å². The molecule has 24 heavy (non-hydrogen) atoms. The van der Waals surface area contributed by atoms with E-state index in [0.717, 1.165) is 44.1 Å². The predicted molar refractivity (Wildman–Crippen MR) is 102 cm³/mol. The first-order valence-electron chi connectivity index (χ1n) is 8.90. The third-order valence-corrected chi connectivity index (χ3v) is 5.80. The molecule has 2 N–H and O–H groups in total. The predicted octanol–water partition coefficient (Wildman–Crippen LogP) is 2.69. The Kier molecular flexibility index (Phi) is 8.09. The van der Waals surface area contributed by atoms with Gasteiger partial charge >= 0.3 is 0 Å². The minimum Gasteiger partial charge on any atom is -0.343 e. The Hall–Kier alpha value is -1.04. The largest absolute Gasteiger partial charge is 0.343 e. The van der Waals surface area contributed by atoms with E-state index in [1.807, 2.05) is 23.1 Å². The Morgan fingerprint density at radius 1 is 1.29 bits per heavy atom. The molecule has 1 fully saturated rings. The van der Waals surface area contributed by atoms with Crippen LogP contribution in [-0.4, -0.2) is 61.2 Å². The zero-order chi connectivity index (χ0) is 17.4. The summed E-state index contributed by atoms with van der Waals surface area (Å²) in [6, 6.07) is 10.2. The summed E-state index contributed by atoms with van der Waals surface area (Å²) in [6.07, 6.45) is 3.96. The third kappa shape index (κ3) is 6.83. The van der Waals surface area contributed by atoms with Crippen molar-refractivity contribution in [1.29, 1.82) is 0 Å². The highest BCUT2D eigenvalue weighted by Gasteiger charge is 2.23. The molecule has 5 heteroatoms. The number of nitrogens with two attached hydrogens (primary N) is 1. The zero-order valence-electron chi connectivity index (χ0n) is 15.0. The van der Waals surface area contributed by atoms with E-state index in [1.54, 1.807) is 11.8 Å². The van der Waals surface area contributed by atoms with Crippen LogP contribution in [0.1, 0.15) is 25.7 Å². The van der Waals surface area contributed by atoms with Crippen molar-refractivity contribution in [2.45, 2.75) is 36.6 Å². The van der Waals surface area contributed by atoms with Crippen LogP contribution in [0.25, 0.3) is 0 Å². The Balaban J connectivity index is 1.65. The molecule has 0 spiro atoms. The van der Waals surface area contributed by atoms with Crippen LogP contribution in [0.5, 0.6) is 0 Å². The molecule has 1 amide bonds. The highest BCUT2D eigenvalue weighted by Crippen LogP contribution is 2.22. The van der Waals surface area contributed by atoms with Crippen molar-refractivity contribution in [2.75, 3.05) is 39.5 Å². The number of carbonyl (C=O) groups is 1. The molecule has 1 saturated heterocycles. The number of benzene rings is 1. The van der Waals surface area contributed by atoms with Gasteiger partial charge < -0.3 is 15.5 Å². The van der Waals surface area contributed by atoms with Crippen molar-refractivity contribution in [2.24, 2.45) is 11.7 Å². The molecule has 0 radical (unpaired) electrons. The molecule has 0 saturated carbocycles. The first kappa shape index (κ1) is 19.3. The molecule has 0 unspecified atom stereocenters. The summed E-state index contributed by atoms with van der Waals surface area (Å²) < 4.78 is 0. The fraction of sp³-hybridized carbons (Fsp3) is 0.632. The molecule has 0 aliphatic carbocycles. The fourth-order valence-corrected chi connectivity index (χ4v) is 3.92. The Morgan fingerprint density at radius 3 is 2.58 bits per heavy atom. The highest BCUT2D eigenvalue weighted by atomic mass is 32.2. The van der Waals surface area contributed by atoms with Crippen molar-refractivity contribution in [3.05, 3.63) is 30.3 Å². The maximum Gasteiger partial charge on any atom is 0.224 e. The summed E-state index contributed by atoms with van der Waals surface area (Å²) in [5.74, 6) is 1.77. The second-order valence-corrected chi connectivity index (χ2v) is 8.10. The van der Waals surface area contributed by atoms with Crippen LogP contribution in [0.15, 0.2) is 35.2 Å². The third-order valence-electron chi connectivity index (χ3n) is 4.60. The van der Waals surface area contributed by atoms with Gasteiger partial charge in [0, 0.05) is 36.2 Å². The van der Waals surface area contributed by atoms with Crippen LogP contribution in [0, 0.1) is 5.92 Å². The topological polar surface area (TPSA) is 49.6 Å². The lowest BCUT2D eigenvalue weighted by atomic mass is 9.93. The minimum atomic E-state index is -0.0748. The van der Waals surface area contributed by atoms with Gasteiger partial charge in [-0.25, -0.2) is 0 Å². The number of rotatable bonds is 8. The second-order valence-electron chi connectivity index (χ2n) is 7.00. The fourth-order valence-electron chi connectivity index (χ4n) is 3.04. The van der Waals surface area contributed by atoms with Gasteiger partial charge in [0.25, 0.3) is 0 Å². The van der Waals surface area contributed by atoms with Gasteiger partial charge in [-0.2, -0.15) is 0 Å². The molecule has 1 aliphatic rings. The average molecular weight is 350 g/mol. The summed E-state index contributed by atoms with van der Waals surface area (Å²) in [7, 11) is 4.24. The van der Waals surface area contributed by atoms with Crippen LogP contribution >= 0.6 is 11.8 Å². The molecule has 2 rings (SSSR count). The molecule has 1 aromatic carbocycles. The van der Waals surface area contributed by atoms with Gasteiger partial charge in [-0.3, -0.25) is 4.79 Å². The maximum absolute atomic E-state index is 12.4. The molecule has 134 valence electrons. The van der Waals surface area contributed by atoms with Gasteiger partial charge in [-0.05, 0) is 58.0 Å². The lowest BCUT2D eigenvalue weighted by molar-refractivity contribution is -0.132. The Bertz CT molecular complexity index is 487. The van der Waals surface area contributed by atoms with E-state index in [4.69, 9.17) is 5.73 Å². The van der Waals surface area contributed by atoms with E-state index < -0.39 is 0 Å². The summed E-state index contributed by atoms with van der Waals surface area (Å²) in [5.41, 5.74) is 6.16. The second kappa shape index (κ2) is 10.1. The van der Waals surface area contributed by atoms with Crippen LogP contribution in [0.2, 0.25) is 0 Å². The Labute approximate surface area is 150 Å².